The number of anilines is 2. The van der Waals surface area contributed by atoms with Gasteiger partial charge in [0.1, 0.15) is 11.6 Å². The molecule has 3 aromatic carbocycles. The van der Waals surface area contributed by atoms with Crippen LogP contribution in [0.3, 0.4) is 0 Å². The number of halogens is 2. The summed E-state index contributed by atoms with van der Waals surface area (Å²) in [4.78, 5) is 26.9. The van der Waals surface area contributed by atoms with Gasteiger partial charge in [-0.3, -0.25) is 9.59 Å². The zero-order valence-electron chi connectivity index (χ0n) is 16.1. The number of nitrogens with zero attached hydrogens (tertiary/aromatic N) is 1. The van der Waals surface area contributed by atoms with Crippen LogP contribution in [0.5, 0.6) is 5.75 Å². The molecule has 30 heavy (non-hydrogen) atoms. The molecule has 1 heterocycles. The van der Waals surface area contributed by atoms with Crippen molar-refractivity contribution in [3.63, 3.8) is 0 Å². The molecule has 4 rings (SSSR count). The van der Waals surface area contributed by atoms with Crippen LogP contribution in [0.2, 0.25) is 0 Å². The van der Waals surface area contributed by atoms with Gasteiger partial charge in [0.15, 0.2) is 6.10 Å². The molecule has 3 aromatic rings. The van der Waals surface area contributed by atoms with Gasteiger partial charge in [-0.05, 0) is 59.3 Å². The quantitative estimate of drug-likeness (QED) is 0.575. The van der Waals surface area contributed by atoms with Gasteiger partial charge in [-0.1, -0.05) is 30.3 Å². The second-order valence-electron chi connectivity index (χ2n) is 6.89. The smallest absolute Gasteiger partial charge is 0.268 e. The summed E-state index contributed by atoms with van der Waals surface area (Å²) in [6.45, 7) is 1.72. The molecule has 1 N–H and O–H groups in total. The van der Waals surface area contributed by atoms with Gasteiger partial charge in [0.05, 0.1) is 17.8 Å². The van der Waals surface area contributed by atoms with E-state index in [2.05, 4.69) is 21.2 Å². The third-order valence-electron chi connectivity index (χ3n) is 4.83. The van der Waals surface area contributed by atoms with Gasteiger partial charge >= 0.3 is 0 Å². The van der Waals surface area contributed by atoms with E-state index < -0.39 is 6.10 Å². The van der Waals surface area contributed by atoms with Crippen molar-refractivity contribution >= 4 is 39.1 Å². The Labute approximate surface area is 181 Å². The number of carbonyl (C=O) groups excluding carboxylic acids is 2. The highest BCUT2D eigenvalue weighted by Crippen LogP contribution is 2.37. The molecule has 0 saturated carbocycles. The SMILES string of the molecule is CC1Oc2ccc(NC(=O)c3ccccc3Br)cc2N(Cc2ccccc2F)C1=O. The van der Waals surface area contributed by atoms with Crippen molar-refractivity contribution in [3.8, 4) is 5.75 Å². The van der Waals surface area contributed by atoms with E-state index in [1.165, 1.54) is 11.0 Å². The number of hydrogen-bond acceptors (Lipinski definition) is 3. The van der Waals surface area contributed by atoms with E-state index in [0.29, 0.717) is 32.7 Å². The lowest BCUT2D eigenvalue weighted by atomic mass is 10.1. The topological polar surface area (TPSA) is 58.6 Å². The number of fused-ring (bicyclic) bond motifs is 1. The Kier molecular flexibility index (Phi) is 5.55. The molecule has 1 aliphatic heterocycles. The van der Waals surface area contributed by atoms with Crippen LogP contribution in [0.4, 0.5) is 15.8 Å². The minimum Gasteiger partial charge on any atom is -0.479 e. The highest BCUT2D eigenvalue weighted by atomic mass is 79.9. The molecule has 0 saturated heterocycles. The van der Waals surface area contributed by atoms with Crippen LogP contribution in [0.15, 0.2) is 71.2 Å². The molecule has 0 fully saturated rings. The Morgan fingerprint density at radius 2 is 1.87 bits per heavy atom. The summed E-state index contributed by atoms with van der Waals surface area (Å²) in [5.74, 6) is -0.457. The Bertz CT molecular complexity index is 1130. The average Bonchev–Trinajstić information content (AvgIpc) is 2.73. The van der Waals surface area contributed by atoms with Crippen molar-refractivity contribution in [2.24, 2.45) is 0 Å². The summed E-state index contributed by atoms with van der Waals surface area (Å²) in [6, 6.07) is 18.5. The second-order valence-corrected chi connectivity index (χ2v) is 7.75. The molecule has 1 aliphatic rings. The molecule has 1 unspecified atom stereocenters. The van der Waals surface area contributed by atoms with Gasteiger partial charge in [-0.2, -0.15) is 0 Å². The second kappa shape index (κ2) is 8.28. The predicted octanol–water partition coefficient (Wildman–Crippen LogP) is 5.15. The number of carbonyl (C=O) groups is 2. The molecule has 0 radical (unpaired) electrons. The summed E-state index contributed by atoms with van der Waals surface area (Å²) in [5, 5.41) is 2.83. The molecule has 0 spiro atoms. The van der Waals surface area contributed by atoms with Crippen LogP contribution in [-0.4, -0.2) is 17.9 Å². The highest BCUT2D eigenvalue weighted by molar-refractivity contribution is 9.10. The average molecular weight is 469 g/mol. The first-order valence-corrected chi connectivity index (χ1v) is 10.1. The fraction of sp³-hybridized carbons (Fsp3) is 0.130. The largest absolute Gasteiger partial charge is 0.479 e. The van der Waals surface area contributed by atoms with Gasteiger partial charge < -0.3 is 15.0 Å². The number of benzene rings is 3. The Hall–Kier alpha value is -3.19. The van der Waals surface area contributed by atoms with Gasteiger partial charge in [-0.15, -0.1) is 0 Å². The fourth-order valence-electron chi connectivity index (χ4n) is 3.29. The number of nitrogens with one attached hydrogen (secondary N) is 1. The molecule has 2 amide bonds. The van der Waals surface area contributed by atoms with Crippen molar-refractivity contribution in [2.75, 3.05) is 10.2 Å². The van der Waals surface area contributed by atoms with Gasteiger partial charge in [0.25, 0.3) is 11.8 Å². The van der Waals surface area contributed by atoms with E-state index in [4.69, 9.17) is 4.74 Å². The van der Waals surface area contributed by atoms with Crippen LogP contribution < -0.4 is 15.0 Å². The Balaban J connectivity index is 1.66. The first kappa shape index (κ1) is 20.1. The zero-order valence-corrected chi connectivity index (χ0v) is 17.6. The van der Waals surface area contributed by atoms with Gasteiger partial charge in [0, 0.05) is 15.7 Å². The summed E-state index contributed by atoms with van der Waals surface area (Å²) < 4.78 is 20.6. The summed E-state index contributed by atoms with van der Waals surface area (Å²) >= 11 is 3.37. The third kappa shape index (κ3) is 3.93. The Morgan fingerprint density at radius 1 is 1.13 bits per heavy atom. The monoisotopic (exact) mass is 468 g/mol. The number of rotatable bonds is 4. The lowest BCUT2D eigenvalue weighted by molar-refractivity contribution is -0.125. The van der Waals surface area contributed by atoms with Crippen molar-refractivity contribution in [1.82, 2.24) is 0 Å². The molecule has 5 nitrogen and oxygen atoms in total. The van der Waals surface area contributed by atoms with Gasteiger partial charge in [0.2, 0.25) is 0 Å². The lowest BCUT2D eigenvalue weighted by Gasteiger charge is -2.33. The van der Waals surface area contributed by atoms with Crippen molar-refractivity contribution < 1.29 is 18.7 Å². The zero-order chi connectivity index (χ0) is 21.3. The molecular formula is C23H18BrFN2O3. The summed E-state index contributed by atoms with van der Waals surface area (Å²) in [7, 11) is 0. The van der Waals surface area contributed by atoms with Crippen LogP contribution in [0.25, 0.3) is 0 Å². The van der Waals surface area contributed by atoms with Crippen molar-refractivity contribution in [2.45, 2.75) is 19.6 Å². The van der Waals surface area contributed by atoms with Crippen molar-refractivity contribution in [3.05, 3.63) is 88.1 Å². The fourth-order valence-corrected chi connectivity index (χ4v) is 3.75. The van der Waals surface area contributed by atoms with Crippen LogP contribution in [0.1, 0.15) is 22.8 Å². The van der Waals surface area contributed by atoms with E-state index in [9.17, 15) is 14.0 Å². The molecule has 152 valence electrons. The van der Waals surface area contributed by atoms with Crippen LogP contribution in [0, 0.1) is 5.82 Å². The maximum absolute atomic E-state index is 14.2. The first-order chi connectivity index (χ1) is 14.4. The maximum Gasteiger partial charge on any atom is 0.268 e. The van der Waals surface area contributed by atoms with E-state index in [0.717, 1.165) is 0 Å². The normalized spacial score (nSPS) is 15.4. The lowest BCUT2D eigenvalue weighted by Crippen LogP contribution is -2.44. The molecule has 7 heteroatoms. The summed E-state index contributed by atoms with van der Waals surface area (Å²) in [5.41, 5.74) is 1.86. The van der Waals surface area contributed by atoms with Gasteiger partial charge in [-0.25, -0.2) is 4.39 Å². The first-order valence-electron chi connectivity index (χ1n) is 9.35. The number of amides is 2. The third-order valence-corrected chi connectivity index (χ3v) is 5.52. The maximum atomic E-state index is 14.2. The standard InChI is InChI=1S/C23H18BrFN2O3/c1-14-23(29)27(13-15-6-2-5-9-19(15)25)20-12-16(10-11-21(20)30-14)26-22(28)17-7-3-4-8-18(17)24/h2-12,14H,13H2,1H3,(H,26,28). The van der Waals surface area contributed by atoms with E-state index in [1.807, 2.05) is 6.07 Å². The van der Waals surface area contributed by atoms with E-state index in [1.54, 1.807) is 61.5 Å². The number of hydrogen-bond donors (Lipinski definition) is 1. The molecule has 0 bridgehead atoms. The van der Waals surface area contributed by atoms with Crippen molar-refractivity contribution in [1.29, 1.82) is 0 Å². The van der Waals surface area contributed by atoms with E-state index >= 15 is 0 Å². The minimum atomic E-state index is -0.690. The minimum absolute atomic E-state index is 0.0633. The van der Waals surface area contributed by atoms with Crippen LogP contribution >= 0.6 is 15.9 Å². The van der Waals surface area contributed by atoms with E-state index in [-0.39, 0.29) is 24.2 Å². The molecular weight excluding hydrogens is 451 g/mol. The summed E-state index contributed by atoms with van der Waals surface area (Å²) in [6.07, 6.45) is -0.690. The highest BCUT2D eigenvalue weighted by Gasteiger charge is 2.32. The predicted molar refractivity (Wildman–Crippen MR) is 116 cm³/mol. The molecule has 1 atom stereocenters. The molecule has 0 aromatic heterocycles. The van der Waals surface area contributed by atoms with Crippen LogP contribution in [-0.2, 0) is 11.3 Å². The number of ether oxygens (including phenoxy) is 1. The Morgan fingerprint density at radius 3 is 2.63 bits per heavy atom. The molecule has 0 aliphatic carbocycles.